The summed E-state index contributed by atoms with van der Waals surface area (Å²) >= 11 is 0. The molecule has 7 nitrogen and oxygen atoms in total. The first-order valence-electron chi connectivity index (χ1n) is 8.47. The van der Waals surface area contributed by atoms with E-state index in [0.29, 0.717) is 30.5 Å². The van der Waals surface area contributed by atoms with Gasteiger partial charge in [0.25, 0.3) is 0 Å². The minimum Gasteiger partial charge on any atom is -0.349 e. The quantitative estimate of drug-likeness (QED) is 0.841. The molecule has 0 aromatic carbocycles. The molecule has 7 heteroatoms. The summed E-state index contributed by atoms with van der Waals surface area (Å²) in [5.74, 6) is 1.99. The van der Waals surface area contributed by atoms with E-state index < -0.39 is 0 Å². The van der Waals surface area contributed by atoms with Crippen LogP contribution in [0.1, 0.15) is 31.5 Å². The fourth-order valence-electron chi connectivity index (χ4n) is 3.12. The van der Waals surface area contributed by atoms with Crippen molar-refractivity contribution in [3.05, 3.63) is 30.4 Å². The first kappa shape index (κ1) is 16.6. The highest BCUT2D eigenvalue weighted by Crippen LogP contribution is 2.19. The van der Waals surface area contributed by atoms with Gasteiger partial charge in [-0.2, -0.15) is 5.10 Å². The number of aromatic nitrogens is 4. The third-order valence-corrected chi connectivity index (χ3v) is 4.42. The molecule has 1 unspecified atom stereocenters. The number of amides is 1. The van der Waals surface area contributed by atoms with Crippen molar-refractivity contribution in [3.8, 4) is 11.4 Å². The van der Waals surface area contributed by atoms with E-state index in [1.807, 2.05) is 12.1 Å². The van der Waals surface area contributed by atoms with E-state index in [0.717, 1.165) is 18.5 Å². The smallest absolute Gasteiger partial charge is 0.220 e. The normalized spacial score (nSPS) is 18.5. The van der Waals surface area contributed by atoms with Gasteiger partial charge in [-0.3, -0.25) is 14.9 Å². The molecule has 0 spiro atoms. The van der Waals surface area contributed by atoms with Crippen molar-refractivity contribution < 1.29 is 4.79 Å². The van der Waals surface area contributed by atoms with Crippen molar-refractivity contribution in [2.24, 2.45) is 5.92 Å². The second-order valence-corrected chi connectivity index (χ2v) is 6.43. The lowest BCUT2D eigenvalue weighted by Gasteiger charge is -2.29. The van der Waals surface area contributed by atoms with Crippen LogP contribution in [0.5, 0.6) is 0 Å². The third kappa shape index (κ3) is 4.61. The molecule has 128 valence electrons. The Morgan fingerprint density at radius 3 is 3.04 bits per heavy atom. The van der Waals surface area contributed by atoms with Crippen molar-refractivity contribution in [1.29, 1.82) is 0 Å². The molecule has 0 radical (unpaired) electrons. The largest absolute Gasteiger partial charge is 0.349 e. The standard InChI is InChI=1S/C17H24N6O/c1-23-10-2-3-13(12-23)4-5-16(24)19-11-15-20-17(22-21-15)14-6-8-18-9-7-14/h6-9,13H,2-5,10-12H2,1H3,(H,19,24)(H,20,21,22). The van der Waals surface area contributed by atoms with Gasteiger partial charge in [-0.05, 0) is 50.9 Å². The van der Waals surface area contributed by atoms with E-state index in [1.54, 1.807) is 12.4 Å². The SMILES string of the molecule is CN1CCCC(CCC(=O)NCc2nc(-c3ccncc3)n[nH]2)C1. The second-order valence-electron chi connectivity index (χ2n) is 6.43. The summed E-state index contributed by atoms with van der Waals surface area (Å²) in [4.78, 5) is 22.7. The number of piperidine rings is 1. The zero-order chi connectivity index (χ0) is 16.8. The molecule has 1 saturated heterocycles. The number of likely N-dealkylation sites (tertiary alicyclic amines) is 1. The van der Waals surface area contributed by atoms with E-state index in [4.69, 9.17) is 0 Å². The molecule has 0 bridgehead atoms. The van der Waals surface area contributed by atoms with Gasteiger partial charge in [0, 0.05) is 30.9 Å². The topological polar surface area (TPSA) is 86.8 Å². The molecule has 1 aliphatic rings. The monoisotopic (exact) mass is 328 g/mol. The first-order valence-corrected chi connectivity index (χ1v) is 8.47. The average molecular weight is 328 g/mol. The van der Waals surface area contributed by atoms with Crippen molar-refractivity contribution in [2.75, 3.05) is 20.1 Å². The Labute approximate surface area is 141 Å². The number of nitrogens with one attached hydrogen (secondary N) is 2. The predicted molar refractivity (Wildman–Crippen MR) is 90.9 cm³/mol. The van der Waals surface area contributed by atoms with Crippen LogP contribution in [0.25, 0.3) is 11.4 Å². The van der Waals surface area contributed by atoms with Crippen LogP contribution in [0.2, 0.25) is 0 Å². The number of pyridine rings is 1. The zero-order valence-electron chi connectivity index (χ0n) is 14.0. The van der Waals surface area contributed by atoms with Crippen LogP contribution in [-0.4, -0.2) is 51.1 Å². The molecule has 0 saturated carbocycles. The minimum atomic E-state index is 0.0742. The Morgan fingerprint density at radius 2 is 2.25 bits per heavy atom. The summed E-state index contributed by atoms with van der Waals surface area (Å²) in [5.41, 5.74) is 0.903. The van der Waals surface area contributed by atoms with E-state index in [-0.39, 0.29) is 5.91 Å². The highest BCUT2D eigenvalue weighted by Gasteiger charge is 2.18. The van der Waals surface area contributed by atoms with Crippen LogP contribution in [0.15, 0.2) is 24.5 Å². The Morgan fingerprint density at radius 1 is 1.42 bits per heavy atom. The minimum absolute atomic E-state index is 0.0742. The summed E-state index contributed by atoms with van der Waals surface area (Å²) in [5, 5.41) is 9.96. The van der Waals surface area contributed by atoms with Crippen LogP contribution in [-0.2, 0) is 11.3 Å². The maximum atomic E-state index is 12.0. The Kier molecular flexibility index (Phi) is 5.53. The highest BCUT2D eigenvalue weighted by molar-refractivity contribution is 5.75. The van der Waals surface area contributed by atoms with Gasteiger partial charge in [0.05, 0.1) is 6.54 Å². The zero-order valence-corrected chi connectivity index (χ0v) is 14.0. The van der Waals surface area contributed by atoms with Crippen LogP contribution in [0.3, 0.4) is 0 Å². The number of carbonyl (C=O) groups excluding carboxylic acids is 1. The number of nitrogens with zero attached hydrogens (tertiary/aromatic N) is 4. The fourth-order valence-corrected chi connectivity index (χ4v) is 3.12. The van der Waals surface area contributed by atoms with E-state index in [2.05, 4.69) is 37.4 Å². The molecule has 3 rings (SSSR count). The van der Waals surface area contributed by atoms with Crippen molar-refractivity contribution >= 4 is 5.91 Å². The van der Waals surface area contributed by atoms with Crippen LogP contribution < -0.4 is 5.32 Å². The van der Waals surface area contributed by atoms with Gasteiger partial charge >= 0.3 is 0 Å². The van der Waals surface area contributed by atoms with Crippen LogP contribution in [0.4, 0.5) is 0 Å². The summed E-state index contributed by atoms with van der Waals surface area (Å²) in [7, 11) is 2.15. The highest BCUT2D eigenvalue weighted by atomic mass is 16.1. The van der Waals surface area contributed by atoms with E-state index in [9.17, 15) is 4.79 Å². The Hall–Kier alpha value is -2.28. The molecule has 3 heterocycles. The molecule has 2 aromatic heterocycles. The number of aromatic amines is 1. The van der Waals surface area contributed by atoms with Gasteiger partial charge in [-0.1, -0.05) is 0 Å². The molecule has 1 amide bonds. The fraction of sp³-hybridized carbons (Fsp3) is 0.529. The van der Waals surface area contributed by atoms with Gasteiger partial charge in [-0.25, -0.2) is 4.98 Å². The van der Waals surface area contributed by atoms with Crippen molar-refractivity contribution in [1.82, 2.24) is 30.4 Å². The predicted octanol–water partition coefficient (Wildman–Crippen LogP) is 1.60. The Balaban J connectivity index is 1.42. The van der Waals surface area contributed by atoms with E-state index >= 15 is 0 Å². The lowest BCUT2D eigenvalue weighted by molar-refractivity contribution is -0.121. The molecule has 2 aromatic rings. The van der Waals surface area contributed by atoms with Gasteiger partial charge in [0.1, 0.15) is 5.82 Å². The summed E-state index contributed by atoms with van der Waals surface area (Å²) in [6.45, 7) is 2.65. The van der Waals surface area contributed by atoms with Crippen molar-refractivity contribution in [3.63, 3.8) is 0 Å². The maximum Gasteiger partial charge on any atom is 0.220 e. The number of H-pyrrole nitrogens is 1. The molecular weight excluding hydrogens is 304 g/mol. The van der Waals surface area contributed by atoms with Gasteiger partial charge in [0.2, 0.25) is 5.91 Å². The lowest BCUT2D eigenvalue weighted by Crippen LogP contribution is -2.33. The Bertz CT molecular complexity index is 656. The maximum absolute atomic E-state index is 12.0. The number of hydrogen-bond acceptors (Lipinski definition) is 5. The number of carbonyl (C=O) groups is 1. The summed E-state index contributed by atoms with van der Waals surface area (Å²) in [6.07, 6.45) is 7.40. The molecule has 2 N–H and O–H groups in total. The van der Waals surface area contributed by atoms with Crippen LogP contribution >= 0.6 is 0 Å². The first-order chi connectivity index (χ1) is 11.7. The molecule has 24 heavy (non-hydrogen) atoms. The summed E-state index contributed by atoms with van der Waals surface area (Å²) in [6, 6.07) is 3.71. The number of hydrogen-bond donors (Lipinski definition) is 2. The molecule has 0 aliphatic carbocycles. The average Bonchev–Trinajstić information content (AvgIpc) is 3.08. The lowest BCUT2D eigenvalue weighted by atomic mass is 9.93. The van der Waals surface area contributed by atoms with E-state index in [1.165, 1.54) is 19.4 Å². The van der Waals surface area contributed by atoms with Crippen LogP contribution in [0, 0.1) is 5.92 Å². The molecule has 1 fully saturated rings. The summed E-state index contributed by atoms with van der Waals surface area (Å²) < 4.78 is 0. The van der Waals surface area contributed by atoms with Gasteiger partial charge < -0.3 is 10.2 Å². The molecular formula is C17H24N6O. The molecule has 1 atom stereocenters. The molecule has 1 aliphatic heterocycles. The van der Waals surface area contributed by atoms with Gasteiger partial charge in [0.15, 0.2) is 5.82 Å². The second kappa shape index (κ2) is 8.01. The number of rotatable bonds is 6. The van der Waals surface area contributed by atoms with Gasteiger partial charge in [-0.15, -0.1) is 0 Å². The third-order valence-electron chi connectivity index (χ3n) is 4.42. The van der Waals surface area contributed by atoms with Crippen molar-refractivity contribution in [2.45, 2.75) is 32.2 Å².